The van der Waals surface area contributed by atoms with Crippen LogP contribution in [0.25, 0.3) is 0 Å². The number of carbonyl (C=O) groups excluding carboxylic acids is 1. The minimum absolute atomic E-state index is 0.0788. The summed E-state index contributed by atoms with van der Waals surface area (Å²) in [5.74, 6) is -0.0788. The second-order valence-corrected chi connectivity index (χ2v) is 5.32. The number of rotatable bonds is 2. The SMILES string of the molecule is CC1OCCC1NC(=O)[C@@H](N)C(C)(C)C. The van der Waals surface area contributed by atoms with Crippen molar-refractivity contribution in [3.05, 3.63) is 0 Å². The second-order valence-electron chi connectivity index (χ2n) is 5.32. The lowest BCUT2D eigenvalue weighted by atomic mass is 9.86. The third-order valence-electron chi connectivity index (χ3n) is 2.92. The quantitative estimate of drug-likeness (QED) is 0.709. The van der Waals surface area contributed by atoms with Crippen LogP contribution in [0.5, 0.6) is 0 Å². The first kappa shape index (κ1) is 12.5. The third kappa shape index (κ3) is 3.18. The zero-order valence-electron chi connectivity index (χ0n) is 10.0. The molecule has 4 nitrogen and oxygen atoms in total. The van der Waals surface area contributed by atoms with Crippen LogP contribution in [0.2, 0.25) is 0 Å². The molecule has 0 spiro atoms. The van der Waals surface area contributed by atoms with E-state index in [9.17, 15) is 4.79 Å². The van der Waals surface area contributed by atoms with E-state index in [2.05, 4.69) is 5.32 Å². The number of hydrogen-bond donors (Lipinski definition) is 2. The second kappa shape index (κ2) is 4.49. The number of nitrogens with two attached hydrogens (primary N) is 1. The van der Waals surface area contributed by atoms with E-state index in [4.69, 9.17) is 10.5 Å². The summed E-state index contributed by atoms with van der Waals surface area (Å²) in [6, 6.07) is -0.351. The molecule has 0 aromatic rings. The molecule has 2 unspecified atom stereocenters. The summed E-state index contributed by atoms with van der Waals surface area (Å²) in [5.41, 5.74) is 5.66. The van der Waals surface area contributed by atoms with Crippen molar-refractivity contribution in [3.63, 3.8) is 0 Å². The fraction of sp³-hybridized carbons (Fsp3) is 0.909. The zero-order chi connectivity index (χ0) is 11.6. The molecule has 1 aliphatic rings. The number of nitrogens with one attached hydrogen (secondary N) is 1. The molecule has 0 radical (unpaired) electrons. The molecule has 0 aliphatic carbocycles. The number of carbonyl (C=O) groups is 1. The van der Waals surface area contributed by atoms with Gasteiger partial charge in [0.1, 0.15) is 0 Å². The predicted molar refractivity (Wildman–Crippen MR) is 59.4 cm³/mol. The molecule has 88 valence electrons. The van der Waals surface area contributed by atoms with Gasteiger partial charge in [-0.05, 0) is 18.8 Å². The highest BCUT2D eigenvalue weighted by Gasteiger charge is 2.32. The van der Waals surface area contributed by atoms with Gasteiger partial charge in [0, 0.05) is 6.61 Å². The highest BCUT2D eigenvalue weighted by Crippen LogP contribution is 2.19. The summed E-state index contributed by atoms with van der Waals surface area (Å²) >= 11 is 0. The van der Waals surface area contributed by atoms with Crippen LogP contribution in [0.15, 0.2) is 0 Å². The zero-order valence-corrected chi connectivity index (χ0v) is 10.0. The van der Waals surface area contributed by atoms with Crippen LogP contribution in [0.4, 0.5) is 0 Å². The minimum Gasteiger partial charge on any atom is -0.376 e. The fourth-order valence-electron chi connectivity index (χ4n) is 1.59. The molecule has 1 saturated heterocycles. The highest BCUT2D eigenvalue weighted by atomic mass is 16.5. The Balaban J connectivity index is 2.48. The first-order valence-corrected chi connectivity index (χ1v) is 5.50. The Morgan fingerprint density at radius 3 is 2.53 bits per heavy atom. The van der Waals surface area contributed by atoms with Gasteiger partial charge in [-0.2, -0.15) is 0 Å². The summed E-state index contributed by atoms with van der Waals surface area (Å²) in [6.45, 7) is 8.58. The van der Waals surface area contributed by atoms with Crippen molar-refractivity contribution in [2.75, 3.05) is 6.61 Å². The largest absolute Gasteiger partial charge is 0.376 e. The average Bonchev–Trinajstić information content (AvgIpc) is 2.49. The monoisotopic (exact) mass is 214 g/mol. The maximum Gasteiger partial charge on any atom is 0.237 e. The molecular formula is C11H22N2O2. The Bertz CT molecular complexity index is 235. The molecule has 1 fully saturated rings. The van der Waals surface area contributed by atoms with Gasteiger partial charge in [-0.1, -0.05) is 20.8 Å². The van der Waals surface area contributed by atoms with Crippen LogP contribution in [0.3, 0.4) is 0 Å². The molecule has 0 saturated carbocycles. The molecule has 1 amide bonds. The van der Waals surface area contributed by atoms with Crippen LogP contribution in [-0.2, 0) is 9.53 Å². The molecule has 1 heterocycles. The van der Waals surface area contributed by atoms with E-state index in [0.29, 0.717) is 0 Å². The van der Waals surface area contributed by atoms with Crippen molar-refractivity contribution < 1.29 is 9.53 Å². The normalized spacial score (nSPS) is 28.9. The van der Waals surface area contributed by atoms with E-state index in [1.54, 1.807) is 0 Å². The Morgan fingerprint density at radius 2 is 2.13 bits per heavy atom. The van der Waals surface area contributed by atoms with Crippen LogP contribution in [-0.4, -0.2) is 30.7 Å². The van der Waals surface area contributed by atoms with Gasteiger partial charge >= 0.3 is 0 Å². The fourth-order valence-corrected chi connectivity index (χ4v) is 1.59. The van der Waals surface area contributed by atoms with Gasteiger partial charge in [0.25, 0.3) is 0 Å². The Morgan fingerprint density at radius 1 is 1.53 bits per heavy atom. The van der Waals surface area contributed by atoms with Gasteiger partial charge in [0.2, 0.25) is 5.91 Å². The third-order valence-corrected chi connectivity index (χ3v) is 2.92. The van der Waals surface area contributed by atoms with Gasteiger partial charge < -0.3 is 15.8 Å². The summed E-state index contributed by atoms with van der Waals surface area (Å²) in [6.07, 6.45) is 0.977. The van der Waals surface area contributed by atoms with Crippen LogP contribution in [0, 0.1) is 5.41 Å². The van der Waals surface area contributed by atoms with Gasteiger partial charge in [0.15, 0.2) is 0 Å². The first-order valence-electron chi connectivity index (χ1n) is 5.50. The highest BCUT2D eigenvalue weighted by molar-refractivity contribution is 5.82. The predicted octanol–water partition coefficient (Wildman–Crippen LogP) is 0.653. The van der Waals surface area contributed by atoms with Gasteiger partial charge in [-0.15, -0.1) is 0 Å². The average molecular weight is 214 g/mol. The molecule has 0 aromatic heterocycles. The Labute approximate surface area is 91.5 Å². The van der Waals surface area contributed by atoms with Gasteiger partial charge in [-0.3, -0.25) is 4.79 Å². The first-order chi connectivity index (χ1) is 6.82. The summed E-state index contributed by atoms with van der Waals surface area (Å²) < 4.78 is 5.38. The summed E-state index contributed by atoms with van der Waals surface area (Å²) in [4.78, 5) is 11.8. The lowest BCUT2D eigenvalue weighted by Gasteiger charge is -2.27. The molecular weight excluding hydrogens is 192 g/mol. The number of ether oxygens (including phenoxy) is 1. The van der Waals surface area contributed by atoms with Crippen LogP contribution in [0.1, 0.15) is 34.1 Å². The molecule has 3 atom stereocenters. The van der Waals surface area contributed by atoms with E-state index < -0.39 is 6.04 Å². The smallest absolute Gasteiger partial charge is 0.237 e. The maximum absolute atomic E-state index is 11.8. The van der Waals surface area contributed by atoms with Gasteiger partial charge in [0.05, 0.1) is 18.2 Å². The molecule has 15 heavy (non-hydrogen) atoms. The Kier molecular flexibility index (Phi) is 3.73. The van der Waals surface area contributed by atoms with E-state index in [-0.39, 0.29) is 23.5 Å². The molecule has 0 bridgehead atoms. The van der Waals surface area contributed by atoms with Gasteiger partial charge in [-0.25, -0.2) is 0 Å². The summed E-state index contributed by atoms with van der Waals surface area (Å²) in [7, 11) is 0. The van der Waals surface area contributed by atoms with Crippen molar-refractivity contribution in [2.45, 2.75) is 52.3 Å². The van der Waals surface area contributed by atoms with Crippen LogP contribution < -0.4 is 11.1 Å². The van der Waals surface area contributed by atoms with E-state index >= 15 is 0 Å². The van der Waals surface area contributed by atoms with Crippen LogP contribution >= 0.6 is 0 Å². The topological polar surface area (TPSA) is 64.3 Å². The minimum atomic E-state index is -0.467. The Hall–Kier alpha value is -0.610. The summed E-state index contributed by atoms with van der Waals surface area (Å²) in [5, 5.41) is 2.95. The molecule has 1 aliphatic heterocycles. The van der Waals surface area contributed by atoms with E-state index in [1.165, 1.54) is 0 Å². The number of hydrogen-bond acceptors (Lipinski definition) is 3. The van der Waals surface area contributed by atoms with Crippen molar-refractivity contribution in [1.29, 1.82) is 0 Å². The van der Waals surface area contributed by atoms with Crippen molar-refractivity contribution in [1.82, 2.24) is 5.32 Å². The van der Waals surface area contributed by atoms with Crippen molar-refractivity contribution in [2.24, 2.45) is 11.1 Å². The maximum atomic E-state index is 11.8. The van der Waals surface area contributed by atoms with E-state index in [0.717, 1.165) is 13.0 Å². The molecule has 0 aromatic carbocycles. The lowest BCUT2D eigenvalue weighted by molar-refractivity contribution is -0.125. The molecule has 3 N–H and O–H groups in total. The molecule has 4 heteroatoms. The van der Waals surface area contributed by atoms with Crippen molar-refractivity contribution >= 4 is 5.91 Å². The standard InChI is InChI=1S/C11H22N2O2/c1-7-8(5-6-15-7)13-10(14)9(12)11(2,3)4/h7-9H,5-6,12H2,1-4H3,(H,13,14)/t7?,8?,9-/m1/s1. The van der Waals surface area contributed by atoms with Crippen molar-refractivity contribution in [3.8, 4) is 0 Å². The molecule has 1 rings (SSSR count). The van der Waals surface area contributed by atoms with E-state index in [1.807, 2.05) is 27.7 Å². The lowest BCUT2D eigenvalue weighted by Crippen LogP contribution is -2.52. The number of amides is 1.